The van der Waals surface area contributed by atoms with Gasteiger partial charge in [0.1, 0.15) is 0 Å². The third-order valence-corrected chi connectivity index (χ3v) is 4.70. The molecule has 1 aliphatic rings. The number of esters is 1. The van der Waals surface area contributed by atoms with Crippen LogP contribution in [0, 0.1) is 0 Å². The van der Waals surface area contributed by atoms with Crippen molar-refractivity contribution in [2.75, 3.05) is 7.11 Å². The molecule has 0 N–H and O–H groups in total. The van der Waals surface area contributed by atoms with Crippen molar-refractivity contribution in [2.24, 2.45) is 0 Å². The molecule has 130 valence electrons. The summed E-state index contributed by atoms with van der Waals surface area (Å²) in [5.41, 5.74) is 0. The lowest BCUT2D eigenvalue weighted by atomic mass is 9.96. The second kappa shape index (κ2) is 12.9. The molecular weight excluding hydrogens is 276 g/mol. The van der Waals surface area contributed by atoms with E-state index < -0.39 is 0 Å². The van der Waals surface area contributed by atoms with Crippen LogP contribution in [0.15, 0.2) is 0 Å². The van der Waals surface area contributed by atoms with Crippen LogP contribution >= 0.6 is 0 Å². The molecule has 0 aromatic rings. The van der Waals surface area contributed by atoms with E-state index in [0.717, 1.165) is 19.3 Å². The second-order valence-corrected chi connectivity index (χ2v) is 6.69. The molecule has 0 amide bonds. The third-order valence-electron chi connectivity index (χ3n) is 4.70. The molecule has 1 rings (SSSR count). The first-order valence-electron chi connectivity index (χ1n) is 9.48. The summed E-state index contributed by atoms with van der Waals surface area (Å²) in [5.74, 6) is -0.0861. The lowest BCUT2D eigenvalue weighted by Gasteiger charge is -2.30. The first kappa shape index (κ1) is 19.5. The van der Waals surface area contributed by atoms with Crippen LogP contribution in [0.1, 0.15) is 96.8 Å². The molecule has 2 atom stereocenters. The van der Waals surface area contributed by atoms with Gasteiger partial charge in [0.2, 0.25) is 0 Å². The Bertz CT molecular complexity index is 278. The third kappa shape index (κ3) is 9.45. The van der Waals surface area contributed by atoms with E-state index in [1.807, 2.05) is 0 Å². The Balaban J connectivity index is 2.01. The number of unbranched alkanes of at least 4 members (excludes halogenated alkanes) is 6. The summed E-state index contributed by atoms with van der Waals surface area (Å²) >= 11 is 0. The molecule has 1 saturated heterocycles. The van der Waals surface area contributed by atoms with Gasteiger partial charge < -0.3 is 9.47 Å². The minimum atomic E-state index is -0.0861. The fraction of sp³-hybridized carbons (Fsp3) is 0.947. The largest absolute Gasteiger partial charge is 0.469 e. The lowest BCUT2D eigenvalue weighted by Crippen LogP contribution is -2.27. The van der Waals surface area contributed by atoms with E-state index in [9.17, 15) is 4.79 Å². The smallest absolute Gasteiger partial charge is 0.305 e. The minimum absolute atomic E-state index is 0.0861. The predicted molar refractivity (Wildman–Crippen MR) is 91.0 cm³/mol. The van der Waals surface area contributed by atoms with Crippen molar-refractivity contribution in [3.05, 3.63) is 0 Å². The molecule has 3 nitrogen and oxygen atoms in total. The van der Waals surface area contributed by atoms with E-state index in [4.69, 9.17) is 4.74 Å². The van der Waals surface area contributed by atoms with Gasteiger partial charge in [-0.1, -0.05) is 51.9 Å². The molecule has 0 aliphatic carbocycles. The zero-order chi connectivity index (χ0) is 16.0. The summed E-state index contributed by atoms with van der Waals surface area (Å²) in [6, 6.07) is 0. The van der Waals surface area contributed by atoms with Gasteiger partial charge in [0, 0.05) is 6.42 Å². The highest BCUT2D eigenvalue weighted by atomic mass is 16.5. The Morgan fingerprint density at radius 2 is 1.55 bits per heavy atom. The van der Waals surface area contributed by atoms with Crippen LogP contribution in [0.2, 0.25) is 0 Å². The maximum absolute atomic E-state index is 11.0. The van der Waals surface area contributed by atoms with Crippen LogP contribution in [0.25, 0.3) is 0 Å². The molecule has 0 saturated carbocycles. The van der Waals surface area contributed by atoms with Crippen LogP contribution in [-0.4, -0.2) is 25.3 Å². The second-order valence-electron chi connectivity index (χ2n) is 6.69. The van der Waals surface area contributed by atoms with Gasteiger partial charge in [0.05, 0.1) is 19.3 Å². The number of hydrogen-bond donors (Lipinski definition) is 0. The van der Waals surface area contributed by atoms with Crippen LogP contribution in [0.4, 0.5) is 0 Å². The first-order chi connectivity index (χ1) is 10.8. The zero-order valence-electron chi connectivity index (χ0n) is 14.8. The Labute approximate surface area is 137 Å². The summed E-state index contributed by atoms with van der Waals surface area (Å²) in [5, 5.41) is 0. The topological polar surface area (TPSA) is 35.5 Å². The van der Waals surface area contributed by atoms with E-state index in [0.29, 0.717) is 18.6 Å². The molecule has 1 heterocycles. The summed E-state index contributed by atoms with van der Waals surface area (Å²) < 4.78 is 10.9. The normalized spacial score (nSPS) is 21.7. The van der Waals surface area contributed by atoms with Crippen molar-refractivity contribution in [3.63, 3.8) is 0 Å². The maximum atomic E-state index is 11.0. The van der Waals surface area contributed by atoms with Gasteiger partial charge >= 0.3 is 5.97 Å². The predicted octanol–water partition coefficient (Wildman–Crippen LogP) is 5.41. The number of rotatable bonds is 12. The summed E-state index contributed by atoms with van der Waals surface area (Å²) in [4.78, 5) is 11.0. The van der Waals surface area contributed by atoms with Gasteiger partial charge in [-0.25, -0.2) is 0 Å². The maximum Gasteiger partial charge on any atom is 0.305 e. The molecule has 0 aromatic carbocycles. The van der Waals surface area contributed by atoms with Crippen LogP contribution in [-0.2, 0) is 14.3 Å². The van der Waals surface area contributed by atoms with Crippen molar-refractivity contribution in [3.8, 4) is 0 Å². The van der Waals surface area contributed by atoms with Crippen LogP contribution in [0.3, 0.4) is 0 Å². The summed E-state index contributed by atoms with van der Waals surface area (Å²) in [7, 11) is 1.46. The highest BCUT2D eigenvalue weighted by Gasteiger charge is 2.21. The van der Waals surface area contributed by atoms with Crippen molar-refractivity contribution in [2.45, 2.75) is 109 Å². The summed E-state index contributed by atoms with van der Waals surface area (Å²) in [6.07, 6.45) is 17.7. The van der Waals surface area contributed by atoms with Gasteiger partial charge in [0.15, 0.2) is 0 Å². The number of methoxy groups -OCH3 is 1. The first-order valence-corrected chi connectivity index (χ1v) is 9.48. The average Bonchev–Trinajstić information content (AvgIpc) is 2.54. The molecule has 0 radical (unpaired) electrons. The van der Waals surface area contributed by atoms with Crippen molar-refractivity contribution >= 4 is 5.97 Å². The average molecular weight is 312 g/mol. The fourth-order valence-corrected chi connectivity index (χ4v) is 3.30. The highest BCUT2D eigenvalue weighted by Crippen LogP contribution is 2.26. The monoisotopic (exact) mass is 312 g/mol. The van der Waals surface area contributed by atoms with E-state index in [-0.39, 0.29) is 5.97 Å². The SMILES string of the molecule is CCCCCCCC1CCCC(CCCCCC(=O)OC)O1. The molecule has 1 aliphatic heterocycles. The van der Waals surface area contributed by atoms with Crippen molar-refractivity contribution < 1.29 is 14.3 Å². The zero-order valence-corrected chi connectivity index (χ0v) is 14.8. The van der Waals surface area contributed by atoms with E-state index >= 15 is 0 Å². The van der Waals surface area contributed by atoms with Crippen molar-refractivity contribution in [1.82, 2.24) is 0 Å². The Morgan fingerprint density at radius 1 is 0.955 bits per heavy atom. The molecule has 3 heteroatoms. The van der Waals surface area contributed by atoms with Crippen LogP contribution in [0.5, 0.6) is 0 Å². The van der Waals surface area contributed by atoms with E-state index in [1.54, 1.807) is 0 Å². The van der Waals surface area contributed by atoms with Gasteiger partial charge in [-0.05, 0) is 38.5 Å². The van der Waals surface area contributed by atoms with Crippen molar-refractivity contribution in [1.29, 1.82) is 0 Å². The minimum Gasteiger partial charge on any atom is -0.469 e. The van der Waals surface area contributed by atoms with E-state index in [2.05, 4.69) is 11.7 Å². The molecule has 0 bridgehead atoms. The quantitative estimate of drug-likeness (QED) is 0.357. The Morgan fingerprint density at radius 3 is 2.14 bits per heavy atom. The van der Waals surface area contributed by atoms with Crippen LogP contribution < -0.4 is 0 Å². The molecule has 2 unspecified atom stereocenters. The highest BCUT2D eigenvalue weighted by molar-refractivity contribution is 5.68. The molecule has 1 fully saturated rings. The molecule has 22 heavy (non-hydrogen) atoms. The van der Waals surface area contributed by atoms with Gasteiger partial charge in [-0.2, -0.15) is 0 Å². The lowest BCUT2D eigenvalue weighted by molar-refractivity contribution is -0.140. The number of hydrogen-bond acceptors (Lipinski definition) is 3. The molecule has 0 aromatic heterocycles. The van der Waals surface area contributed by atoms with Gasteiger partial charge in [0.25, 0.3) is 0 Å². The Hall–Kier alpha value is -0.570. The summed E-state index contributed by atoms with van der Waals surface area (Å²) in [6.45, 7) is 2.26. The van der Waals surface area contributed by atoms with Gasteiger partial charge in [-0.15, -0.1) is 0 Å². The fourth-order valence-electron chi connectivity index (χ4n) is 3.30. The molecular formula is C19H36O3. The molecule has 0 spiro atoms. The van der Waals surface area contributed by atoms with Gasteiger partial charge in [-0.3, -0.25) is 4.79 Å². The standard InChI is InChI=1S/C19H36O3/c1-3-4-5-6-8-12-17-14-11-15-18(22-17)13-9-7-10-16-19(20)21-2/h17-18H,3-16H2,1-2H3. The number of ether oxygens (including phenoxy) is 2. The Kier molecular flexibility index (Phi) is 11.4. The van der Waals surface area contributed by atoms with E-state index in [1.165, 1.54) is 71.3 Å². The number of carbonyl (C=O) groups excluding carboxylic acids is 1. The number of carbonyl (C=O) groups is 1.